The Labute approximate surface area is 131 Å². The molecule has 0 bridgehead atoms. The number of benzene rings is 1. The summed E-state index contributed by atoms with van der Waals surface area (Å²) in [6.45, 7) is 15.1. The molecule has 1 aliphatic heterocycles. The maximum atomic E-state index is 2.60. The van der Waals surface area contributed by atoms with Crippen molar-refractivity contribution in [1.82, 2.24) is 4.90 Å². The lowest BCUT2D eigenvalue weighted by Gasteiger charge is -2.18. The third kappa shape index (κ3) is 5.00. The summed E-state index contributed by atoms with van der Waals surface area (Å²) in [6, 6.07) is 9.02. The molecular formula is C20H31N. The van der Waals surface area contributed by atoms with E-state index in [1.54, 1.807) is 0 Å². The molecule has 1 aliphatic rings. The van der Waals surface area contributed by atoms with Gasteiger partial charge in [0.25, 0.3) is 0 Å². The Hall–Kier alpha value is -1.08. The van der Waals surface area contributed by atoms with Gasteiger partial charge in [0, 0.05) is 13.1 Å². The summed E-state index contributed by atoms with van der Waals surface area (Å²) >= 11 is 0. The lowest BCUT2D eigenvalue weighted by Crippen LogP contribution is -2.24. The molecular weight excluding hydrogens is 254 g/mol. The molecule has 21 heavy (non-hydrogen) atoms. The van der Waals surface area contributed by atoms with Crippen LogP contribution in [0.3, 0.4) is 0 Å². The Kier molecular flexibility index (Phi) is 5.27. The highest BCUT2D eigenvalue weighted by Gasteiger charge is 2.20. The molecule has 1 aromatic carbocycles. The first-order valence-corrected chi connectivity index (χ1v) is 8.35. The summed E-state index contributed by atoms with van der Waals surface area (Å²) in [7, 11) is 0. The predicted molar refractivity (Wildman–Crippen MR) is 93.6 cm³/mol. The molecule has 0 unspecified atom stereocenters. The first kappa shape index (κ1) is 16.3. The maximum Gasteiger partial charge on any atom is 0.00450 e. The molecule has 0 saturated carbocycles. The van der Waals surface area contributed by atoms with Crippen LogP contribution in [-0.2, 0) is 5.41 Å². The van der Waals surface area contributed by atoms with Gasteiger partial charge in [0.15, 0.2) is 0 Å². The van der Waals surface area contributed by atoms with E-state index < -0.39 is 0 Å². The average Bonchev–Trinajstić information content (AvgIpc) is 2.82. The highest BCUT2D eigenvalue weighted by Crippen LogP contribution is 2.23. The number of nitrogens with zero attached hydrogens (tertiary/aromatic N) is 1. The minimum absolute atomic E-state index is 0.241. The average molecular weight is 285 g/mol. The lowest BCUT2D eigenvalue weighted by atomic mass is 9.86. The van der Waals surface area contributed by atoms with Crippen LogP contribution < -0.4 is 0 Å². The van der Waals surface area contributed by atoms with Crippen molar-refractivity contribution in [1.29, 1.82) is 0 Å². The van der Waals surface area contributed by atoms with Crippen LogP contribution in [0, 0.1) is 11.8 Å². The maximum absolute atomic E-state index is 2.60. The summed E-state index contributed by atoms with van der Waals surface area (Å²) in [5.41, 5.74) is 2.97. The van der Waals surface area contributed by atoms with Crippen molar-refractivity contribution in [2.45, 2.75) is 46.5 Å². The van der Waals surface area contributed by atoms with Crippen molar-refractivity contribution in [2.75, 3.05) is 19.6 Å². The van der Waals surface area contributed by atoms with E-state index in [-0.39, 0.29) is 5.41 Å². The predicted octanol–water partition coefficient (Wildman–Crippen LogP) is 4.98. The van der Waals surface area contributed by atoms with Crippen LogP contribution in [-0.4, -0.2) is 24.5 Å². The van der Waals surface area contributed by atoms with Crippen molar-refractivity contribution in [3.63, 3.8) is 0 Å². The molecule has 116 valence electrons. The second kappa shape index (κ2) is 6.79. The summed E-state index contributed by atoms with van der Waals surface area (Å²) in [5.74, 6) is 1.50. The molecule has 1 nitrogen and oxygen atoms in total. The Bertz CT molecular complexity index is 462. The van der Waals surface area contributed by atoms with Crippen LogP contribution in [0.4, 0.5) is 0 Å². The minimum Gasteiger partial charge on any atom is -0.302 e. The largest absolute Gasteiger partial charge is 0.302 e. The van der Waals surface area contributed by atoms with Gasteiger partial charge in [-0.25, -0.2) is 0 Å². The van der Waals surface area contributed by atoms with E-state index in [0.29, 0.717) is 0 Å². The van der Waals surface area contributed by atoms with Crippen LogP contribution in [0.1, 0.15) is 52.2 Å². The van der Waals surface area contributed by atoms with Gasteiger partial charge in [-0.05, 0) is 41.3 Å². The zero-order chi connectivity index (χ0) is 15.5. The minimum atomic E-state index is 0.241. The number of likely N-dealkylation sites (tertiary alicyclic amines) is 1. The quantitative estimate of drug-likeness (QED) is 0.754. The van der Waals surface area contributed by atoms with Crippen LogP contribution in [0.5, 0.6) is 0 Å². The summed E-state index contributed by atoms with van der Waals surface area (Å²) in [6.07, 6.45) is 6.02. The Morgan fingerprint density at radius 3 is 2.43 bits per heavy atom. The van der Waals surface area contributed by atoms with Gasteiger partial charge in [0.1, 0.15) is 0 Å². The zero-order valence-corrected chi connectivity index (χ0v) is 14.4. The molecule has 0 amide bonds. The molecule has 1 heteroatoms. The lowest BCUT2D eigenvalue weighted by molar-refractivity contribution is 0.293. The van der Waals surface area contributed by atoms with Gasteiger partial charge in [0.2, 0.25) is 0 Å². The van der Waals surface area contributed by atoms with Gasteiger partial charge in [-0.15, -0.1) is 0 Å². The second-order valence-corrected chi connectivity index (χ2v) is 7.93. The highest BCUT2D eigenvalue weighted by atomic mass is 15.1. The van der Waals surface area contributed by atoms with Crippen LogP contribution in [0.15, 0.2) is 30.3 Å². The number of hydrogen-bond acceptors (Lipinski definition) is 1. The van der Waals surface area contributed by atoms with Gasteiger partial charge in [-0.2, -0.15) is 0 Å². The molecule has 1 saturated heterocycles. The van der Waals surface area contributed by atoms with E-state index >= 15 is 0 Å². The van der Waals surface area contributed by atoms with E-state index in [1.165, 1.54) is 37.2 Å². The van der Waals surface area contributed by atoms with E-state index in [0.717, 1.165) is 11.8 Å². The fourth-order valence-electron chi connectivity index (χ4n) is 3.04. The third-order valence-electron chi connectivity index (χ3n) is 4.27. The molecule has 0 aliphatic carbocycles. The molecule has 0 radical (unpaired) electrons. The van der Waals surface area contributed by atoms with Gasteiger partial charge in [-0.1, -0.05) is 71.0 Å². The fourth-order valence-corrected chi connectivity index (χ4v) is 3.04. The Balaban J connectivity index is 1.90. The normalized spacial score (nSPS) is 20.8. The van der Waals surface area contributed by atoms with E-state index in [4.69, 9.17) is 0 Å². The van der Waals surface area contributed by atoms with Gasteiger partial charge >= 0.3 is 0 Å². The van der Waals surface area contributed by atoms with Crippen molar-refractivity contribution < 1.29 is 0 Å². The van der Waals surface area contributed by atoms with Crippen LogP contribution in [0.25, 0.3) is 6.08 Å². The summed E-state index contributed by atoms with van der Waals surface area (Å²) in [4.78, 5) is 2.60. The van der Waals surface area contributed by atoms with Crippen LogP contribution >= 0.6 is 0 Å². The summed E-state index contributed by atoms with van der Waals surface area (Å²) in [5, 5.41) is 0. The smallest absolute Gasteiger partial charge is 0.00450 e. The van der Waals surface area contributed by atoms with E-state index in [1.807, 2.05) is 0 Å². The van der Waals surface area contributed by atoms with Crippen molar-refractivity contribution in [2.24, 2.45) is 11.8 Å². The topological polar surface area (TPSA) is 3.24 Å². The molecule has 0 N–H and O–H groups in total. The number of hydrogen-bond donors (Lipinski definition) is 0. The van der Waals surface area contributed by atoms with Crippen molar-refractivity contribution in [3.8, 4) is 0 Å². The van der Waals surface area contributed by atoms with E-state index in [9.17, 15) is 0 Å². The SMILES string of the molecule is CC(C)CN1CC[C@H](/C=C/c2ccc(C(C)(C)C)cc2)C1. The molecule has 1 heterocycles. The monoisotopic (exact) mass is 285 g/mol. The van der Waals surface area contributed by atoms with Crippen LogP contribution in [0.2, 0.25) is 0 Å². The van der Waals surface area contributed by atoms with Crippen molar-refractivity contribution in [3.05, 3.63) is 41.5 Å². The highest BCUT2D eigenvalue weighted by molar-refractivity contribution is 5.50. The standard InChI is InChI=1S/C20H31N/c1-16(2)14-21-13-12-18(15-21)7-6-17-8-10-19(11-9-17)20(3,4)5/h6-11,16,18H,12-15H2,1-5H3/b7-6+/t18-/m0/s1. The first-order valence-electron chi connectivity index (χ1n) is 8.35. The third-order valence-corrected chi connectivity index (χ3v) is 4.27. The molecule has 2 rings (SSSR count). The molecule has 0 aromatic heterocycles. The van der Waals surface area contributed by atoms with Gasteiger partial charge < -0.3 is 4.90 Å². The molecule has 0 spiro atoms. The van der Waals surface area contributed by atoms with E-state index in [2.05, 4.69) is 75.9 Å². The second-order valence-electron chi connectivity index (χ2n) is 7.93. The zero-order valence-electron chi connectivity index (χ0n) is 14.4. The molecule has 1 atom stereocenters. The van der Waals surface area contributed by atoms with Gasteiger partial charge in [0.05, 0.1) is 0 Å². The Morgan fingerprint density at radius 1 is 1.19 bits per heavy atom. The summed E-state index contributed by atoms with van der Waals surface area (Å²) < 4.78 is 0. The van der Waals surface area contributed by atoms with Gasteiger partial charge in [-0.3, -0.25) is 0 Å². The first-order chi connectivity index (χ1) is 9.84. The molecule has 1 aromatic rings. The molecule has 1 fully saturated rings. The Morgan fingerprint density at radius 2 is 1.86 bits per heavy atom. The number of rotatable bonds is 4. The van der Waals surface area contributed by atoms with Crippen molar-refractivity contribution >= 4 is 6.08 Å². The fraction of sp³-hybridized carbons (Fsp3) is 0.600.